The number of benzene rings is 3. The van der Waals surface area contributed by atoms with Gasteiger partial charge in [0.15, 0.2) is 0 Å². The Balaban J connectivity index is 1.84. The maximum Gasteiger partial charge on any atom is 0.361 e. The summed E-state index contributed by atoms with van der Waals surface area (Å²) in [5.41, 5.74) is 4.21. The molecule has 1 aromatic heterocycles. The molecule has 0 amide bonds. The Hall–Kier alpha value is -3.59. The average molecular weight is 369 g/mol. The molecule has 3 nitrogen and oxygen atoms in total. The molecule has 28 heavy (non-hydrogen) atoms. The highest BCUT2D eigenvalue weighted by Gasteiger charge is 2.20. The third-order valence-corrected chi connectivity index (χ3v) is 4.65. The van der Waals surface area contributed by atoms with Crippen LogP contribution in [-0.2, 0) is 0 Å². The van der Waals surface area contributed by atoms with Gasteiger partial charge in [0.1, 0.15) is 11.5 Å². The fourth-order valence-corrected chi connectivity index (χ4v) is 3.09. The average Bonchev–Trinajstić information content (AvgIpc) is 2.79. The first-order valence-corrected chi connectivity index (χ1v) is 9.09. The Bertz CT molecular complexity index is 987. The summed E-state index contributed by atoms with van der Waals surface area (Å²) >= 11 is 0. The van der Waals surface area contributed by atoms with Crippen molar-refractivity contribution in [3.05, 3.63) is 91.0 Å². The quantitative estimate of drug-likeness (QED) is 0.372. The van der Waals surface area contributed by atoms with E-state index in [0.717, 1.165) is 45.3 Å². The fraction of sp³-hybridized carbons (Fsp3) is 0.0800. The van der Waals surface area contributed by atoms with Crippen LogP contribution in [0.4, 0.5) is 0 Å². The number of hydrogen-bond acceptors (Lipinski definition) is 2. The molecular formula is C25H21O3+. The van der Waals surface area contributed by atoms with Crippen LogP contribution in [-0.4, -0.2) is 14.2 Å². The normalized spacial score (nSPS) is 10.5. The van der Waals surface area contributed by atoms with E-state index in [9.17, 15) is 0 Å². The molecule has 4 aromatic rings. The first kappa shape index (κ1) is 17.8. The molecule has 1 heterocycles. The van der Waals surface area contributed by atoms with Crippen LogP contribution in [0.25, 0.3) is 33.8 Å². The van der Waals surface area contributed by atoms with Crippen molar-refractivity contribution < 1.29 is 13.9 Å². The van der Waals surface area contributed by atoms with Crippen LogP contribution in [0.1, 0.15) is 0 Å². The minimum Gasteiger partial charge on any atom is -0.497 e. The molecule has 0 fully saturated rings. The highest BCUT2D eigenvalue weighted by Crippen LogP contribution is 2.34. The number of methoxy groups -OCH3 is 2. The third-order valence-electron chi connectivity index (χ3n) is 4.65. The van der Waals surface area contributed by atoms with E-state index in [1.165, 1.54) is 0 Å². The van der Waals surface area contributed by atoms with Gasteiger partial charge in [0.2, 0.25) is 0 Å². The standard InChI is InChI=1S/C25H21O3/c1-26-22-12-8-18(9-13-22)21-16-24(19-6-4-3-5-7-19)28-25(17-21)20-10-14-23(27-2)15-11-20/h3-17H,1-2H3/q+1. The molecule has 0 N–H and O–H groups in total. The second-order valence-corrected chi connectivity index (χ2v) is 6.40. The largest absolute Gasteiger partial charge is 0.497 e. The summed E-state index contributed by atoms with van der Waals surface area (Å²) in [5, 5.41) is 0. The second-order valence-electron chi connectivity index (χ2n) is 6.40. The van der Waals surface area contributed by atoms with Crippen molar-refractivity contribution in [2.75, 3.05) is 14.2 Å². The molecule has 0 radical (unpaired) electrons. The van der Waals surface area contributed by atoms with Gasteiger partial charge in [0.05, 0.1) is 37.5 Å². The molecule has 4 rings (SSSR count). The molecule has 0 unspecified atom stereocenters. The molecule has 0 atom stereocenters. The van der Waals surface area contributed by atoms with E-state index < -0.39 is 0 Å². The van der Waals surface area contributed by atoms with Crippen molar-refractivity contribution >= 4 is 0 Å². The summed E-state index contributed by atoms with van der Waals surface area (Å²) in [6, 6.07) is 30.2. The van der Waals surface area contributed by atoms with Crippen LogP contribution in [0.2, 0.25) is 0 Å². The zero-order valence-corrected chi connectivity index (χ0v) is 15.9. The summed E-state index contributed by atoms with van der Waals surface area (Å²) in [6.45, 7) is 0. The van der Waals surface area contributed by atoms with E-state index in [-0.39, 0.29) is 0 Å². The number of ether oxygens (including phenoxy) is 2. The van der Waals surface area contributed by atoms with Crippen molar-refractivity contribution in [3.8, 4) is 45.3 Å². The lowest BCUT2D eigenvalue weighted by molar-refractivity contribution is 0.414. The Morgan fingerprint density at radius 3 is 1.46 bits per heavy atom. The Kier molecular flexibility index (Phi) is 5.07. The van der Waals surface area contributed by atoms with E-state index in [0.29, 0.717) is 0 Å². The smallest absolute Gasteiger partial charge is 0.361 e. The van der Waals surface area contributed by atoms with Gasteiger partial charge >= 0.3 is 11.5 Å². The molecule has 138 valence electrons. The van der Waals surface area contributed by atoms with Crippen molar-refractivity contribution in [1.29, 1.82) is 0 Å². The van der Waals surface area contributed by atoms with E-state index in [4.69, 9.17) is 13.9 Å². The highest BCUT2D eigenvalue weighted by molar-refractivity contribution is 5.75. The minimum atomic E-state index is 0.801. The van der Waals surface area contributed by atoms with Crippen LogP contribution < -0.4 is 9.47 Å². The molecule has 0 aliphatic rings. The van der Waals surface area contributed by atoms with Gasteiger partial charge < -0.3 is 9.47 Å². The molecule has 0 aliphatic heterocycles. The molecule has 0 spiro atoms. The van der Waals surface area contributed by atoms with Crippen LogP contribution in [0.15, 0.2) is 95.4 Å². The first-order chi connectivity index (χ1) is 13.8. The fourth-order valence-electron chi connectivity index (χ4n) is 3.09. The van der Waals surface area contributed by atoms with Crippen molar-refractivity contribution in [2.45, 2.75) is 0 Å². The molecular weight excluding hydrogens is 348 g/mol. The van der Waals surface area contributed by atoms with Crippen LogP contribution >= 0.6 is 0 Å². The number of rotatable bonds is 5. The van der Waals surface area contributed by atoms with E-state index in [1.807, 2.05) is 54.6 Å². The highest BCUT2D eigenvalue weighted by atomic mass is 16.5. The zero-order valence-electron chi connectivity index (χ0n) is 15.9. The van der Waals surface area contributed by atoms with Gasteiger partial charge in [-0.05, 0) is 54.1 Å². The van der Waals surface area contributed by atoms with Gasteiger partial charge in [-0.1, -0.05) is 30.3 Å². The summed E-state index contributed by atoms with van der Waals surface area (Å²) in [4.78, 5) is 0. The van der Waals surface area contributed by atoms with Gasteiger partial charge in [0, 0.05) is 5.56 Å². The van der Waals surface area contributed by atoms with Gasteiger partial charge in [-0.15, -0.1) is 0 Å². The lowest BCUT2D eigenvalue weighted by Crippen LogP contribution is -1.87. The molecule has 3 aromatic carbocycles. The maximum absolute atomic E-state index is 6.26. The predicted molar refractivity (Wildman–Crippen MR) is 113 cm³/mol. The Morgan fingerprint density at radius 2 is 0.964 bits per heavy atom. The number of hydrogen-bond donors (Lipinski definition) is 0. The summed E-state index contributed by atoms with van der Waals surface area (Å²) in [6.07, 6.45) is 0. The van der Waals surface area contributed by atoms with Gasteiger partial charge in [-0.25, -0.2) is 4.42 Å². The molecule has 3 heteroatoms. The minimum absolute atomic E-state index is 0.801. The monoisotopic (exact) mass is 369 g/mol. The Morgan fingerprint density at radius 1 is 0.500 bits per heavy atom. The Labute approximate surface area is 164 Å². The van der Waals surface area contributed by atoms with E-state index >= 15 is 0 Å². The topological polar surface area (TPSA) is 29.8 Å². The van der Waals surface area contributed by atoms with Gasteiger partial charge in [-0.2, -0.15) is 0 Å². The lowest BCUT2D eigenvalue weighted by atomic mass is 10.0. The van der Waals surface area contributed by atoms with Crippen molar-refractivity contribution in [3.63, 3.8) is 0 Å². The maximum atomic E-state index is 6.26. The summed E-state index contributed by atoms with van der Waals surface area (Å²) < 4.78 is 16.8. The van der Waals surface area contributed by atoms with Crippen molar-refractivity contribution in [2.24, 2.45) is 0 Å². The summed E-state index contributed by atoms with van der Waals surface area (Å²) in [5.74, 6) is 3.27. The van der Waals surface area contributed by atoms with Crippen LogP contribution in [0.3, 0.4) is 0 Å². The van der Waals surface area contributed by atoms with E-state index in [2.05, 4.69) is 36.4 Å². The molecule has 0 aliphatic carbocycles. The van der Waals surface area contributed by atoms with Gasteiger partial charge in [0.25, 0.3) is 0 Å². The van der Waals surface area contributed by atoms with Crippen molar-refractivity contribution in [1.82, 2.24) is 0 Å². The summed E-state index contributed by atoms with van der Waals surface area (Å²) in [7, 11) is 3.34. The van der Waals surface area contributed by atoms with Crippen LogP contribution in [0.5, 0.6) is 11.5 Å². The SMILES string of the molecule is COc1ccc(-c2cc(-c3ccccc3)[o+]c(-c3ccc(OC)cc3)c2)cc1. The lowest BCUT2D eigenvalue weighted by Gasteiger charge is -2.04. The first-order valence-electron chi connectivity index (χ1n) is 9.09. The molecule has 0 bridgehead atoms. The van der Waals surface area contributed by atoms with E-state index in [1.54, 1.807) is 14.2 Å². The second kappa shape index (κ2) is 7.97. The third kappa shape index (κ3) is 3.74. The van der Waals surface area contributed by atoms with Crippen LogP contribution in [0, 0.1) is 0 Å². The molecule has 0 saturated heterocycles. The van der Waals surface area contributed by atoms with Gasteiger partial charge in [-0.3, -0.25) is 0 Å². The molecule has 0 saturated carbocycles. The predicted octanol–water partition coefficient (Wildman–Crippen LogP) is 6.58. The zero-order chi connectivity index (χ0) is 19.3.